The van der Waals surface area contributed by atoms with Crippen molar-refractivity contribution in [3.05, 3.63) is 29.8 Å². The Labute approximate surface area is 154 Å². The summed E-state index contributed by atoms with van der Waals surface area (Å²) in [5, 5.41) is 8.44. The molecule has 0 aliphatic heterocycles. The van der Waals surface area contributed by atoms with Crippen LogP contribution in [0.5, 0.6) is 0 Å². The van der Waals surface area contributed by atoms with E-state index >= 15 is 0 Å². The van der Waals surface area contributed by atoms with E-state index in [1.807, 2.05) is 0 Å². The first-order valence-corrected chi connectivity index (χ1v) is 9.62. The highest BCUT2D eigenvalue weighted by molar-refractivity contribution is 7.86. The molecule has 1 aromatic carbocycles. The lowest BCUT2D eigenvalue weighted by Gasteiger charge is -2.21. The second-order valence-electron chi connectivity index (χ2n) is 5.64. The van der Waals surface area contributed by atoms with Crippen molar-refractivity contribution >= 4 is 16.1 Å². The van der Waals surface area contributed by atoms with Crippen LogP contribution in [0.2, 0.25) is 0 Å². The Balaban J connectivity index is 2.25. The van der Waals surface area contributed by atoms with E-state index in [-0.39, 0.29) is 50.1 Å². The number of hydrogen-bond donors (Lipinski definition) is 1. The average molecular weight is 390 g/mol. The van der Waals surface area contributed by atoms with Gasteiger partial charge in [0.15, 0.2) is 0 Å². The monoisotopic (exact) mass is 390 g/mol. The van der Waals surface area contributed by atoms with E-state index in [9.17, 15) is 13.2 Å². The first-order valence-electron chi connectivity index (χ1n) is 8.22. The zero-order valence-electron chi connectivity index (χ0n) is 15.2. The molecule has 0 bridgehead atoms. The molecule has 0 saturated heterocycles. The highest BCUT2D eigenvalue weighted by Crippen LogP contribution is 2.16. The van der Waals surface area contributed by atoms with Gasteiger partial charge in [0.25, 0.3) is 10.1 Å². The third-order valence-electron chi connectivity index (χ3n) is 3.56. The van der Waals surface area contributed by atoms with Crippen molar-refractivity contribution < 1.29 is 36.7 Å². The number of carboxylic acid groups (broad SMARTS) is 1. The maximum atomic E-state index is 12.1. The van der Waals surface area contributed by atoms with Crippen LogP contribution in [0.3, 0.4) is 0 Å². The van der Waals surface area contributed by atoms with Crippen LogP contribution in [0.1, 0.15) is 19.4 Å². The summed E-state index contributed by atoms with van der Waals surface area (Å²) in [7, 11) is -3.81. The van der Waals surface area contributed by atoms with E-state index in [0.717, 1.165) is 0 Å². The molecule has 1 N–H and O–H groups in total. The molecule has 26 heavy (non-hydrogen) atoms. The van der Waals surface area contributed by atoms with Gasteiger partial charge in [-0.25, -0.2) is 4.79 Å². The minimum absolute atomic E-state index is 0.0928. The van der Waals surface area contributed by atoms with E-state index in [1.54, 1.807) is 39.0 Å². The Morgan fingerprint density at radius 3 is 2.19 bits per heavy atom. The van der Waals surface area contributed by atoms with Gasteiger partial charge < -0.3 is 19.3 Å². The number of benzene rings is 1. The minimum Gasteiger partial charge on any atom is -0.480 e. The van der Waals surface area contributed by atoms with Crippen LogP contribution in [0.4, 0.5) is 0 Å². The Morgan fingerprint density at radius 1 is 1.04 bits per heavy atom. The van der Waals surface area contributed by atoms with Crippen molar-refractivity contribution in [3.8, 4) is 0 Å². The normalized spacial score (nSPS) is 14.1. The van der Waals surface area contributed by atoms with E-state index in [2.05, 4.69) is 0 Å². The third kappa shape index (κ3) is 8.24. The predicted octanol–water partition coefficient (Wildman–Crippen LogP) is 1.61. The molecule has 8 nitrogen and oxygen atoms in total. The fraction of sp³-hybridized carbons (Fsp3) is 0.588. The summed E-state index contributed by atoms with van der Waals surface area (Å²) < 4.78 is 45.1. The largest absolute Gasteiger partial charge is 0.480 e. The molecule has 0 aliphatic rings. The summed E-state index contributed by atoms with van der Waals surface area (Å²) in [6.45, 7) is 5.32. The molecule has 2 atom stereocenters. The summed E-state index contributed by atoms with van der Waals surface area (Å²) in [6.07, 6.45) is -0.560. The van der Waals surface area contributed by atoms with E-state index in [0.29, 0.717) is 5.56 Å². The molecule has 0 saturated carbocycles. The smallest absolute Gasteiger partial charge is 0.329 e. The molecule has 0 unspecified atom stereocenters. The van der Waals surface area contributed by atoms with Crippen molar-refractivity contribution in [2.75, 3.05) is 33.0 Å². The molecule has 1 aromatic rings. The number of aryl methyl sites for hydroxylation is 1. The molecule has 9 heteroatoms. The van der Waals surface area contributed by atoms with Crippen molar-refractivity contribution in [1.29, 1.82) is 0 Å². The van der Waals surface area contributed by atoms with Gasteiger partial charge in [-0.2, -0.15) is 8.42 Å². The van der Waals surface area contributed by atoms with Gasteiger partial charge >= 0.3 is 5.97 Å². The van der Waals surface area contributed by atoms with Crippen LogP contribution in [0.25, 0.3) is 0 Å². The lowest BCUT2D eigenvalue weighted by molar-refractivity contribution is -0.143. The molecule has 0 fully saturated rings. The molecule has 1 rings (SSSR count). The standard InChI is InChI=1S/C17H26O8S/c1-13-6-4-5-7-16(13)26(20,21)25-11-10-24-15(3)14(2)23-9-8-22-12-17(18)19/h4-7,14-15H,8-12H2,1-3H3,(H,18,19)/t14-,15-/m0/s1. The summed E-state index contributed by atoms with van der Waals surface area (Å²) >= 11 is 0. The Hall–Kier alpha value is -1.52. The molecular weight excluding hydrogens is 364 g/mol. The maximum Gasteiger partial charge on any atom is 0.329 e. The van der Waals surface area contributed by atoms with Crippen molar-refractivity contribution in [2.45, 2.75) is 37.9 Å². The summed E-state index contributed by atoms with van der Waals surface area (Å²) in [6, 6.07) is 6.60. The molecule has 0 aromatic heterocycles. The Bertz CT molecular complexity index is 658. The van der Waals surface area contributed by atoms with Gasteiger partial charge in [0.2, 0.25) is 0 Å². The Morgan fingerprint density at radius 2 is 1.62 bits per heavy atom. The molecule has 0 radical (unpaired) electrons. The van der Waals surface area contributed by atoms with Gasteiger partial charge in [0.05, 0.1) is 43.5 Å². The molecule has 0 aliphatic carbocycles. The van der Waals surface area contributed by atoms with Crippen molar-refractivity contribution in [1.82, 2.24) is 0 Å². The van der Waals surface area contributed by atoms with Gasteiger partial charge in [-0.05, 0) is 32.4 Å². The molecule has 148 valence electrons. The van der Waals surface area contributed by atoms with Gasteiger partial charge in [-0.1, -0.05) is 18.2 Å². The molecule has 0 amide bonds. The van der Waals surface area contributed by atoms with Crippen LogP contribution < -0.4 is 0 Å². The van der Waals surface area contributed by atoms with Crippen LogP contribution >= 0.6 is 0 Å². The van der Waals surface area contributed by atoms with Crippen molar-refractivity contribution in [3.63, 3.8) is 0 Å². The lowest BCUT2D eigenvalue weighted by Crippen LogP contribution is -2.29. The van der Waals surface area contributed by atoms with Gasteiger partial charge in [0, 0.05) is 0 Å². The second kappa shape index (κ2) is 11.2. The number of carboxylic acids is 1. The third-order valence-corrected chi connectivity index (χ3v) is 5.03. The fourth-order valence-electron chi connectivity index (χ4n) is 2.00. The first-order chi connectivity index (χ1) is 12.2. The number of rotatable bonds is 13. The summed E-state index contributed by atoms with van der Waals surface area (Å²) in [5.74, 6) is -1.03. The van der Waals surface area contributed by atoms with Crippen LogP contribution in [-0.2, 0) is 33.3 Å². The maximum absolute atomic E-state index is 12.1. The Kier molecular flexibility index (Phi) is 9.74. The highest BCUT2D eigenvalue weighted by atomic mass is 32.2. The SMILES string of the molecule is Cc1ccccc1S(=O)(=O)OCCO[C@@H](C)[C@H](C)OCCOCC(=O)O. The fourth-order valence-corrected chi connectivity index (χ4v) is 3.12. The van der Waals surface area contributed by atoms with Crippen molar-refractivity contribution in [2.24, 2.45) is 0 Å². The van der Waals surface area contributed by atoms with Crippen LogP contribution in [0.15, 0.2) is 29.2 Å². The summed E-state index contributed by atoms with van der Waals surface area (Å²) in [5.41, 5.74) is 0.619. The van der Waals surface area contributed by atoms with E-state index in [4.69, 9.17) is 23.5 Å². The molecular formula is C17H26O8S. The van der Waals surface area contributed by atoms with Gasteiger partial charge in [-0.3, -0.25) is 4.18 Å². The predicted molar refractivity (Wildman–Crippen MR) is 93.6 cm³/mol. The van der Waals surface area contributed by atoms with Crippen LogP contribution in [-0.4, -0.2) is 64.7 Å². The molecule has 0 spiro atoms. The molecule has 0 heterocycles. The minimum atomic E-state index is -3.81. The quantitative estimate of drug-likeness (QED) is 0.400. The lowest BCUT2D eigenvalue weighted by atomic mass is 10.2. The van der Waals surface area contributed by atoms with Gasteiger partial charge in [-0.15, -0.1) is 0 Å². The number of aliphatic carboxylic acids is 1. The second-order valence-corrected chi connectivity index (χ2v) is 7.22. The number of hydrogen-bond acceptors (Lipinski definition) is 7. The summed E-state index contributed by atoms with van der Waals surface area (Å²) in [4.78, 5) is 10.4. The number of carbonyl (C=O) groups is 1. The van der Waals surface area contributed by atoms with Crippen LogP contribution in [0, 0.1) is 6.92 Å². The highest BCUT2D eigenvalue weighted by Gasteiger charge is 2.18. The topological polar surface area (TPSA) is 108 Å². The van der Waals surface area contributed by atoms with E-state index < -0.39 is 16.1 Å². The zero-order chi connectivity index (χ0) is 19.6. The van der Waals surface area contributed by atoms with E-state index in [1.165, 1.54) is 6.07 Å². The zero-order valence-corrected chi connectivity index (χ0v) is 16.0. The first kappa shape index (κ1) is 22.5. The average Bonchev–Trinajstić information content (AvgIpc) is 2.58. The number of ether oxygens (including phenoxy) is 3. The van der Waals surface area contributed by atoms with Gasteiger partial charge in [0.1, 0.15) is 6.61 Å².